The van der Waals surface area contributed by atoms with E-state index in [1.165, 1.54) is 0 Å². The third-order valence-electron chi connectivity index (χ3n) is 2.09. The van der Waals surface area contributed by atoms with Gasteiger partial charge in [0.25, 0.3) is 0 Å². The van der Waals surface area contributed by atoms with Gasteiger partial charge in [-0.3, -0.25) is 4.79 Å². The van der Waals surface area contributed by atoms with E-state index in [-0.39, 0.29) is 5.43 Å². The molecule has 1 aromatic heterocycles. The maximum Gasteiger partial charge on any atom is 0.186 e. The molecule has 0 unspecified atom stereocenters. The summed E-state index contributed by atoms with van der Waals surface area (Å²) in [6.45, 7) is 3.93. The van der Waals surface area contributed by atoms with Crippen LogP contribution in [0.2, 0.25) is 0 Å². The SMILES string of the molecule is Cc1cc(=O)c(CN(C)CCN)c[nH]1. The molecular weight excluding hydrogens is 178 g/mol. The van der Waals surface area contributed by atoms with Crippen molar-refractivity contribution in [2.24, 2.45) is 5.73 Å². The molecule has 0 aliphatic heterocycles. The predicted octanol–water partition coefficient (Wildman–Crippen LogP) is 0.0738. The average Bonchev–Trinajstić information content (AvgIpc) is 2.10. The molecule has 1 rings (SSSR count). The molecule has 1 aromatic rings. The minimum Gasteiger partial charge on any atom is -0.365 e. The van der Waals surface area contributed by atoms with Gasteiger partial charge in [0.15, 0.2) is 5.43 Å². The number of pyridine rings is 1. The number of nitrogens with zero attached hydrogens (tertiary/aromatic N) is 1. The van der Waals surface area contributed by atoms with Gasteiger partial charge in [0.2, 0.25) is 0 Å². The monoisotopic (exact) mass is 195 g/mol. The second kappa shape index (κ2) is 4.93. The number of rotatable bonds is 4. The van der Waals surface area contributed by atoms with Gasteiger partial charge in [0, 0.05) is 43.2 Å². The number of aromatic amines is 1. The van der Waals surface area contributed by atoms with E-state index in [0.29, 0.717) is 13.1 Å². The first-order valence-electron chi connectivity index (χ1n) is 4.70. The van der Waals surface area contributed by atoms with E-state index in [1.807, 2.05) is 18.9 Å². The Kier molecular flexibility index (Phi) is 3.85. The van der Waals surface area contributed by atoms with Crippen LogP contribution >= 0.6 is 0 Å². The van der Waals surface area contributed by atoms with Gasteiger partial charge in [0.1, 0.15) is 0 Å². The quantitative estimate of drug-likeness (QED) is 0.715. The van der Waals surface area contributed by atoms with Crippen LogP contribution in [0.15, 0.2) is 17.1 Å². The van der Waals surface area contributed by atoms with Crippen molar-refractivity contribution in [1.82, 2.24) is 9.88 Å². The van der Waals surface area contributed by atoms with Crippen molar-refractivity contribution >= 4 is 0 Å². The van der Waals surface area contributed by atoms with E-state index in [2.05, 4.69) is 4.98 Å². The van der Waals surface area contributed by atoms with Crippen LogP contribution in [0.3, 0.4) is 0 Å². The smallest absolute Gasteiger partial charge is 0.186 e. The lowest BCUT2D eigenvalue weighted by molar-refractivity contribution is 0.335. The van der Waals surface area contributed by atoms with Crippen LogP contribution in [0.25, 0.3) is 0 Å². The highest BCUT2D eigenvalue weighted by Gasteiger charge is 2.02. The Morgan fingerprint density at radius 3 is 2.86 bits per heavy atom. The summed E-state index contributed by atoms with van der Waals surface area (Å²) in [6, 6.07) is 1.62. The number of hydrogen-bond acceptors (Lipinski definition) is 3. The van der Waals surface area contributed by atoms with Crippen molar-refractivity contribution in [3.8, 4) is 0 Å². The number of aryl methyl sites for hydroxylation is 1. The summed E-state index contributed by atoms with van der Waals surface area (Å²) in [6.07, 6.45) is 1.77. The number of hydrogen-bond donors (Lipinski definition) is 2. The van der Waals surface area contributed by atoms with Gasteiger partial charge in [-0.1, -0.05) is 0 Å². The molecule has 0 fully saturated rings. The Morgan fingerprint density at radius 2 is 2.29 bits per heavy atom. The summed E-state index contributed by atoms with van der Waals surface area (Å²) in [5, 5.41) is 0. The van der Waals surface area contributed by atoms with E-state index >= 15 is 0 Å². The first-order chi connectivity index (χ1) is 6.63. The lowest BCUT2D eigenvalue weighted by atomic mass is 10.2. The molecule has 4 heteroatoms. The first-order valence-corrected chi connectivity index (χ1v) is 4.70. The minimum absolute atomic E-state index is 0.0881. The molecule has 0 aromatic carbocycles. The largest absolute Gasteiger partial charge is 0.365 e. The van der Waals surface area contributed by atoms with Gasteiger partial charge in [-0.2, -0.15) is 0 Å². The highest BCUT2D eigenvalue weighted by molar-refractivity contribution is 5.13. The normalized spacial score (nSPS) is 10.9. The zero-order chi connectivity index (χ0) is 10.6. The van der Waals surface area contributed by atoms with Crippen LogP contribution < -0.4 is 11.2 Å². The van der Waals surface area contributed by atoms with Crippen molar-refractivity contribution in [3.63, 3.8) is 0 Å². The number of nitrogens with two attached hydrogens (primary N) is 1. The van der Waals surface area contributed by atoms with Crippen LogP contribution in [-0.2, 0) is 6.54 Å². The van der Waals surface area contributed by atoms with E-state index in [0.717, 1.165) is 17.8 Å². The second-order valence-electron chi connectivity index (χ2n) is 3.53. The Labute approximate surface area is 83.7 Å². The number of aromatic nitrogens is 1. The number of H-pyrrole nitrogens is 1. The maximum atomic E-state index is 11.5. The molecular formula is C10H17N3O. The van der Waals surface area contributed by atoms with Crippen molar-refractivity contribution in [3.05, 3.63) is 33.7 Å². The molecule has 14 heavy (non-hydrogen) atoms. The minimum atomic E-state index is 0.0881. The number of nitrogens with one attached hydrogen (secondary N) is 1. The van der Waals surface area contributed by atoms with Crippen molar-refractivity contribution in [2.45, 2.75) is 13.5 Å². The fourth-order valence-electron chi connectivity index (χ4n) is 1.32. The van der Waals surface area contributed by atoms with Gasteiger partial charge in [-0.25, -0.2) is 0 Å². The molecule has 1 heterocycles. The van der Waals surface area contributed by atoms with Crippen LogP contribution in [-0.4, -0.2) is 30.0 Å². The average molecular weight is 195 g/mol. The Morgan fingerprint density at radius 1 is 1.57 bits per heavy atom. The van der Waals surface area contributed by atoms with E-state index in [4.69, 9.17) is 5.73 Å². The van der Waals surface area contributed by atoms with E-state index < -0.39 is 0 Å². The first kappa shape index (κ1) is 10.9. The van der Waals surface area contributed by atoms with Crippen molar-refractivity contribution in [2.75, 3.05) is 20.1 Å². The van der Waals surface area contributed by atoms with Gasteiger partial charge in [-0.15, -0.1) is 0 Å². The lowest BCUT2D eigenvalue weighted by Gasteiger charge is -2.14. The lowest BCUT2D eigenvalue weighted by Crippen LogP contribution is -2.27. The molecule has 0 amide bonds. The summed E-state index contributed by atoms with van der Waals surface area (Å²) in [5.74, 6) is 0. The Hall–Kier alpha value is -1.13. The molecule has 0 bridgehead atoms. The van der Waals surface area contributed by atoms with Gasteiger partial charge in [0.05, 0.1) is 0 Å². The molecule has 0 aliphatic carbocycles. The molecule has 0 radical (unpaired) electrons. The van der Waals surface area contributed by atoms with Crippen LogP contribution in [0.4, 0.5) is 0 Å². The molecule has 0 atom stereocenters. The van der Waals surface area contributed by atoms with Crippen LogP contribution in [0.1, 0.15) is 11.3 Å². The summed E-state index contributed by atoms with van der Waals surface area (Å²) >= 11 is 0. The third kappa shape index (κ3) is 2.97. The topological polar surface area (TPSA) is 62.1 Å². The Bertz CT molecular complexity index is 345. The van der Waals surface area contributed by atoms with Gasteiger partial charge in [-0.05, 0) is 14.0 Å². The standard InChI is InChI=1S/C10H17N3O/c1-8-5-10(14)9(6-12-8)7-13(2)4-3-11/h5-6H,3-4,7,11H2,1-2H3,(H,12,14). The molecule has 0 saturated heterocycles. The molecule has 3 N–H and O–H groups in total. The highest BCUT2D eigenvalue weighted by Crippen LogP contribution is 1.96. The zero-order valence-corrected chi connectivity index (χ0v) is 8.71. The van der Waals surface area contributed by atoms with Crippen molar-refractivity contribution < 1.29 is 0 Å². The second-order valence-corrected chi connectivity index (χ2v) is 3.53. The maximum absolute atomic E-state index is 11.5. The summed E-state index contributed by atoms with van der Waals surface area (Å²) in [7, 11) is 1.95. The fraction of sp³-hybridized carbons (Fsp3) is 0.500. The van der Waals surface area contributed by atoms with E-state index in [1.54, 1.807) is 12.3 Å². The van der Waals surface area contributed by atoms with E-state index in [9.17, 15) is 4.79 Å². The third-order valence-corrected chi connectivity index (χ3v) is 2.09. The summed E-state index contributed by atoms with van der Waals surface area (Å²) in [4.78, 5) is 16.6. The molecule has 0 saturated carbocycles. The molecule has 4 nitrogen and oxygen atoms in total. The van der Waals surface area contributed by atoms with Gasteiger partial charge < -0.3 is 15.6 Å². The summed E-state index contributed by atoms with van der Waals surface area (Å²) in [5.41, 5.74) is 7.18. The summed E-state index contributed by atoms with van der Waals surface area (Å²) < 4.78 is 0. The molecule has 78 valence electrons. The predicted molar refractivity (Wildman–Crippen MR) is 57.2 cm³/mol. The zero-order valence-electron chi connectivity index (χ0n) is 8.71. The molecule has 0 spiro atoms. The van der Waals surface area contributed by atoms with Crippen molar-refractivity contribution in [1.29, 1.82) is 0 Å². The number of likely N-dealkylation sites (N-methyl/N-ethyl adjacent to an activating group) is 1. The molecule has 0 aliphatic rings. The van der Waals surface area contributed by atoms with Gasteiger partial charge >= 0.3 is 0 Å². The fourth-order valence-corrected chi connectivity index (χ4v) is 1.32. The van der Waals surface area contributed by atoms with Crippen LogP contribution in [0, 0.1) is 6.92 Å². The Balaban J connectivity index is 2.72. The highest BCUT2D eigenvalue weighted by atomic mass is 16.1. The van der Waals surface area contributed by atoms with Crippen LogP contribution in [0.5, 0.6) is 0 Å².